The maximum atomic E-state index is 13.0. The molecule has 2 aliphatic rings. The van der Waals surface area contributed by atoms with Gasteiger partial charge in [-0.3, -0.25) is 14.4 Å². The Morgan fingerprint density at radius 1 is 1.32 bits per heavy atom. The fourth-order valence-electron chi connectivity index (χ4n) is 3.98. The van der Waals surface area contributed by atoms with Crippen LogP contribution in [0.1, 0.15) is 22.4 Å². The quantitative estimate of drug-likeness (QED) is 0.180. The lowest BCUT2D eigenvalue weighted by molar-refractivity contribution is -0.156. The topological polar surface area (TPSA) is 232 Å². The van der Waals surface area contributed by atoms with Gasteiger partial charge >= 0.3 is 11.9 Å². The predicted octanol–water partition coefficient (Wildman–Crippen LogP) is 0.458. The molecule has 3 heterocycles. The lowest BCUT2D eigenvalue weighted by Gasteiger charge is -2.53. The average molecular weight is 582 g/mol. The Bertz CT molecular complexity index is 1540. The lowest BCUT2D eigenvalue weighted by atomic mass is 9.86. The highest BCUT2D eigenvalue weighted by Crippen LogP contribution is 2.43. The van der Waals surface area contributed by atoms with Gasteiger partial charge in [-0.2, -0.15) is 10.5 Å². The number of thioether (sulfide) groups is 1. The van der Waals surface area contributed by atoms with Gasteiger partial charge in [0.1, 0.15) is 22.5 Å². The highest BCUT2D eigenvalue weighted by molar-refractivity contribution is 8.00. The van der Waals surface area contributed by atoms with Crippen molar-refractivity contribution in [3.05, 3.63) is 52.0 Å². The zero-order valence-electron chi connectivity index (χ0n) is 20.3. The summed E-state index contributed by atoms with van der Waals surface area (Å²) in [4.78, 5) is 59.0. The van der Waals surface area contributed by atoms with Gasteiger partial charge in [0.2, 0.25) is 12.5 Å². The third-order valence-electron chi connectivity index (χ3n) is 6.03. The molecule has 2 unspecified atom stereocenters. The van der Waals surface area contributed by atoms with Crippen LogP contribution >= 0.6 is 23.1 Å². The summed E-state index contributed by atoms with van der Waals surface area (Å²) in [6.45, 7) is -0.987. The number of nitrogens with zero attached hydrogens (tertiary/aromatic N) is 5. The van der Waals surface area contributed by atoms with E-state index in [1.165, 1.54) is 40.6 Å². The molecule has 16 heteroatoms. The monoisotopic (exact) mass is 581 g/mol. The van der Waals surface area contributed by atoms with Gasteiger partial charge in [0, 0.05) is 17.7 Å². The highest BCUT2D eigenvalue weighted by atomic mass is 32.2. The van der Waals surface area contributed by atoms with E-state index in [4.69, 9.17) is 20.9 Å². The van der Waals surface area contributed by atoms with Crippen LogP contribution in [0.5, 0.6) is 0 Å². The lowest BCUT2D eigenvalue weighted by Crippen LogP contribution is -2.73. The van der Waals surface area contributed by atoms with Gasteiger partial charge in [-0.1, -0.05) is 23.4 Å². The van der Waals surface area contributed by atoms with Crippen LogP contribution in [0.25, 0.3) is 6.08 Å². The molecule has 2 aliphatic heterocycles. The number of β-lactam (4-membered cyclic amide) rings is 1. The first-order valence-electron chi connectivity index (χ1n) is 11.3. The van der Waals surface area contributed by atoms with Crippen molar-refractivity contribution in [2.24, 2.45) is 10.6 Å². The van der Waals surface area contributed by atoms with E-state index in [1.807, 2.05) is 12.1 Å². The number of anilines is 1. The molecule has 40 heavy (non-hydrogen) atoms. The van der Waals surface area contributed by atoms with E-state index in [9.17, 15) is 29.5 Å². The van der Waals surface area contributed by atoms with Crippen LogP contribution in [-0.4, -0.2) is 79.9 Å². The van der Waals surface area contributed by atoms with E-state index in [0.717, 1.165) is 23.1 Å². The Kier molecular flexibility index (Phi) is 8.03. The number of thiazole rings is 1. The number of carboxylic acid groups (broad SMARTS) is 2. The molecule has 0 saturated carbocycles. The van der Waals surface area contributed by atoms with Crippen molar-refractivity contribution >= 4 is 63.8 Å². The molecule has 0 bridgehead atoms. The number of nitrogen functional groups attached to an aromatic ring is 1. The molecule has 0 aliphatic carbocycles. The number of hydrogen-bond donors (Lipinski definition) is 4. The van der Waals surface area contributed by atoms with Crippen molar-refractivity contribution in [1.29, 1.82) is 10.5 Å². The number of carbonyl (C=O) groups excluding carboxylic acids is 2. The number of amides is 2. The summed E-state index contributed by atoms with van der Waals surface area (Å²) in [6, 6.07) is 7.36. The molecule has 204 valence electrons. The van der Waals surface area contributed by atoms with Crippen molar-refractivity contribution in [3.63, 3.8) is 0 Å². The number of hydrogen-bond acceptors (Lipinski definition) is 12. The Morgan fingerprint density at radius 2 is 2.10 bits per heavy atom. The summed E-state index contributed by atoms with van der Waals surface area (Å²) in [6.07, 6.45) is 2.91. The zero-order valence-corrected chi connectivity index (χ0v) is 21.9. The highest BCUT2D eigenvalue weighted by Gasteiger charge is 2.57. The van der Waals surface area contributed by atoms with E-state index >= 15 is 0 Å². The van der Waals surface area contributed by atoms with E-state index in [-0.39, 0.29) is 40.0 Å². The minimum absolute atomic E-state index is 0.0277. The van der Waals surface area contributed by atoms with Gasteiger partial charge in [0.15, 0.2) is 10.8 Å². The standard InChI is InChI=1S/C24H19N7O7S2/c25-6-12-1-2-13(14(5-12)7-26)3-4-24(22(36)37)10-31-20(35)18(21(31)40-11-24)29-19(34)17(30-38-8-16(32)33)15-9-39-23(27)28-15/h1-5,9,18,21H,8,10-11H2,(H2,27,28)(H,29,34)(H,32,33)(H,36,37)/t18?,21-,24?/m1/s1. The maximum Gasteiger partial charge on any atom is 0.344 e. The molecule has 4 rings (SSSR count). The Morgan fingerprint density at radius 3 is 2.73 bits per heavy atom. The van der Waals surface area contributed by atoms with E-state index < -0.39 is 47.2 Å². The van der Waals surface area contributed by atoms with Crippen LogP contribution < -0.4 is 11.1 Å². The van der Waals surface area contributed by atoms with Crippen molar-refractivity contribution in [2.45, 2.75) is 11.4 Å². The van der Waals surface area contributed by atoms with Crippen molar-refractivity contribution in [3.8, 4) is 12.1 Å². The smallest absolute Gasteiger partial charge is 0.344 e. The number of oxime groups is 1. The fraction of sp³-hybridized carbons (Fsp3) is 0.250. The van der Waals surface area contributed by atoms with Crippen LogP contribution in [0.4, 0.5) is 5.13 Å². The molecule has 1 aromatic carbocycles. The third-order valence-corrected chi connectivity index (χ3v) is 8.25. The Hall–Kier alpha value is -4.93. The number of nitriles is 2. The molecule has 1 aromatic heterocycles. The predicted molar refractivity (Wildman–Crippen MR) is 142 cm³/mol. The fourth-order valence-corrected chi connectivity index (χ4v) is 6.04. The third kappa shape index (κ3) is 5.58. The number of nitrogens with one attached hydrogen (secondary N) is 1. The second-order valence-electron chi connectivity index (χ2n) is 8.62. The number of nitrogens with two attached hydrogens (primary N) is 1. The minimum Gasteiger partial charge on any atom is -0.481 e. The van der Waals surface area contributed by atoms with Crippen LogP contribution in [0.15, 0.2) is 34.8 Å². The summed E-state index contributed by atoms with van der Waals surface area (Å²) in [5.41, 5.74) is 4.72. The van der Waals surface area contributed by atoms with Gasteiger partial charge < -0.3 is 31.0 Å². The van der Waals surface area contributed by atoms with E-state index in [2.05, 4.69) is 15.5 Å². The number of rotatable bonds is 9. The molecule has 2 amide bonds. The molecule has 2 aromatic rings. The number of aromatic nitrogens is 1. The molecular weight excluding hydrogens is 562 g/mol. The summed E-state index contributed by atoms with van der Waals surface area (Å²) in [5.74, 6) is -3.81. The second-order valence-corrected chi connectivity index (χ2v) is 10.6. The first-order valence-corrected chi connectivity index (χ1v) is 13.2. The Labute approximate surface area is 234 Å². The number of fused-ring (bicyclic) bond motifs is 1. The first-order chi connectivity index (χ1) is 19.1. The molecular formula is C24H19N7O7S2. The van der Waals surface area contributed by atoms with Crippen molar-refractivity contribution in [1.82, 2.24) is 15.2 Å². The second kappa shape index (κ2) is 11.4. The van der Waals surface area contributed by atoms with Gasteiger partial charge in [-0.15, -0.1) is 23.1 Å². The van der Waals surface area contributed by atoms with E-state index in [1.54, 1.807) is 0 Å². The van der Waals surface area contributed by atoms with Crippen LogP contribution in [-0.2, 0) is 24.0 Å². The normalized spacial score (nSPS) is 22.0. The minimum atomic E-state index is -1.47. The number of benzene rings is 1. The number of aliphatic carboxylic acids is 2. The summed E-state index contributed by atoms with van der Waals surface area (Å²) >= 11 is 2.17. The largest absolute Gasteiger partial charge is 0.481 e. The van der Waals surface area contributed by atoms with Crippen LogP contribution in [0.3, 0.4) is 0 Å². The van der Waals surface area contributed by atoms with Gasteiger partial charge in [0.05, 0.1) is 23.3 Å². The molecule has 2 saturated heterocycles. The average Bonchev–Trinajstić information content (AvgIpc) is 3.37. The summed E-state index contributed by atoms with van der Waals surface area (Å²) in [7, 11) is 0. The van der Waals surface area contributed by atoms with Gasteiger partial charge in [0.25, 0.3) is 5.91 Å². The SMILES string of the molecule is N#Cc1ccc(C=CC2(C(=O)O)CS[C@@H]3C(NC(=O)C(=NOCC(=O)O)c4csc(N)n4)C(=O)N3C2)c(C#N)c1. The maximum absolute atomic E-state index is 13.0. The Balaban J connectivity index is 1.49. The van der Waals surface area contributed by atoms with Gasteiger partial charge in [-0.05, 0) is 17.7 Å². The first kappa shape index (κ1) is 28.1. The zero-order chi connectivity index (χ0) is 29.0. The molecule has 0 spiro atoms. The molecule has 3 atom stereocenters. The number of carbonyl (C=O) groups is 4. The van der Waals surface area contributed by atoms with E-state index in [0.29, 0.717) is 5.56 Å². The summed E-state index contributed by atoms with van der Waals surface area (Å²) < 4.78 is 0. The summed E-state index contributed by atoms with van der Waals surface area (Å²) in [5, 5.41) is 44.4. The molecule has 0 radical (unpaired) electrons. The van der Waals surface area contributed by atoms with Crippen LogP contribution in [0.2, 0.25) is 0 Å². The molecule has 5 N–H and O–H groups in total. The molecule has 2 fully saturated rings. The van der Waals surface area contributed by atoms with Crippen molar-refractivity contribution < 1.29 is 34.2 Å². The number of carboxylic acids is 2. The van der Waals surface area contributed by atoms with Gasteiger partial charge in [-0.25, -0.2) is 9.78 Å². The van der Waals surface area contributed by atoms with Crippen LogP contribution in [0, 0.1) is 28.1 Å². The molecule has 14 nitrogen and oxygen atoms in total. The van der Waals surface area contributed by atoms with Crippen molar-refractivity contribution in [2.75, 3.05) is 24.6 Å².